The van der Waals surface area contributed by atoms with Crippen molar-refractivity contribution in [2.75, 3.05) is 0 Å². The second-order valence-corrected chi connectivity index (χ2v) is 6.62. The Bertz CT molecular complexity index is 584. The van der Waals surface area contributed by atoms with E-state index in [1.165, 1.54) is 0 Å². The Kier molecular flexibility index (Phi) is 3.17. The monoisotopic (exact) mass is 304 g/mol. The zero-order chi connectivity index (χ0) is 15.4. The summed E-state index contributed by atoms with van der Waals surface area (Å²) in [6.45, 7) is 4.12. The maximum absolute atomic E-state index is 12.2. The van der Waals surface area contributed by atoms with Crippen molar-refractivity contribution < 1.29 is 23.7 Å². The maximum atomic E-state index is 12.2. The normalized spacial score (nSPS) is 39.0. The molecule has 3 unspecified atom stereocenters. The van der Waals surface area contributed by atoms with Crippen molar-refractivity contribution in [3.8, 4) is 0 Å². The maximum Gasteiger partial charge on any atom is 0.191 e. The van der Waals surface area contributed by atoms with Gasteiger partial charge >= 0.3 is 0 Å². The topological polar surface area (TPSA) is 54.0 Å². The van der Waals surface area contributed by atoms with Crippen molar-refractivity contribution >= 4 is 5.78 Å². The van der Waals surface area contributed by atoms with Gasteiger partial charge in [-0.15, -0.1) is 0 Å². The molecular weight excluding hydrogens is 284 g/mol. The van der Waals surface area contributed by atoms with Crippen LogP contribution in [0, 0.1) is 0 Å². The molecule has 2 saturated heterocycles. The van der Waals surface area contributed by atoms with E-state index < -0.39 is 23.8 Å². The number of benzene rings is 1. The number of hydrogen-bond acceptors (Lipinski definition) is 5. The lowest BCUT2D eigenvalue weighted by Gasteiger charge is -2.41. The minimum Gasteiger partial charge on any atom is -0.367 e. The molecule has 2 heterocycles. The molecule has 1 aliphatic carbocycles. The molecular formula is C17H20O5. The van der Waals surface area contributed by atoms with Gasteiger partial charge in [-0.1, -0.05) is 30.3 Å². The van der Waals surface area contributed by atoms with Gasteiger partial charge in [-0.2, -0.15) is 0 Å². The summed E-state index contributed by atoms with van der Waals surface area (Å²) in [5.74, 6) is -0.622. The summed E-state index contributed by atoms with van der Waals surface area (Å²) in [4.78, 5) is 12.2. The van der Waals surface area contributed by atoms with Crippen LogP contribution in [0.4, 0.5) is 0 Å². The first-order chi connectivity index (χ1) is 10.5. The van der Waals surface area contributed by atoms with Crippen LogP contribution in [0.15, 0.2) is 30.3 Å². The summed E-state index contributed by atoms with van der Waals surface area (Å²) >= 11 is 0. The smallest absolute Gasteiger partial charge is 0.191 e. The van der Waals surface area contributed by atoms with Gasteiger partial charge in [0.2, 0.25) is 0 Å². The number of Topliss-reactive ketones (excluding diaryl/α,β-unsaturated/α-hetero) is 1. The Balaban J connectivity index is 1.55. The molecule has 3 fully saturated rings. The highest BCUT2D eigenvalue weighted by Gasteiger charge is 2.68. The first kappa shape index (κ1) is 14.3. The van der Waals surface area contributed by atoms with Gasteiger partial charge in [0.15, 0.2) is 23.5 Å². The van der Waals surface area contributed by atoms with Crippen LogP contribution in [0.25, 0.3) is 0 Å². The molecule has 5 heteroatoms. The van der Waals surface area contributed by atoms with Crippen molar-refractivity contribution in [3.63, 3.8) is 0 Å². The molecule has 0 radical (unpaired) electrons. The molecule has 0 aromatic heterocycles. The van der Waals surface area contributed by atoms with Crippen LogP contribution in [0.2, 0.25) is 0 Å². The molecule has 4 rings (SSSR count). The fourth-order valence-corrected chi connectivity index (χ4v) is 3.48. The van der Waals surface area contributed by atoms with Crippen molar-refractivity contribution in [1.29, 1.82) is 0 Å². The first-order valence-corrected chi connectivity index (χ1v) is 7.72. The standard InChI is InChI=1S/C17H20O5/c1-16(2)20-13-14(19-10-11-6-4-3-5-7-11)17(9-8-12(17)18)22-15(13)21-16/h3-7,13-15H,8-10H2,1-2H3/t13?,14?,15?,17-/m0/s1. The average molecular weight is 304 g/mol. The van der Waals surface area contributed by atoms with Crippen molar-refractivity contribution in [2.24, 2.45) is 0 Å². The van der Waals surface area contributed by atoms with Crippen LogP contribution >= 0.6 is 0 Å². The van der Waals surface area contributed by atoms with Gasteiger partial charge in [-0.05, 0) is 25.8 Å². The molecule has 4 atom stereocenters. The number of hydrogen-bond donors (Lipinski definition) is 0. The molecule has 2 aliphatic heterocycles. The molecule has 22 heavy (non-hydrogen) atoms. The second kappa shape index (κ2) is 4.86. The quantitative estimate of drug-likeness (QED) is 0.856. The number of ketones is 1. The summed E-state index contributed by atoms with van der Waals surface area (Å²) < 4.78 is 23.7. The summed E-state index contributed by atoms with van der Waals surface area (Å²) in [5.41, 5.74) is 0.187. The minimum atomic E-state index is -0.874. The van der Waals surface area contributed by atoms with E-state index in [1.54, 1.807) is 0 Å². The number of carbonyl (C=O) groups excluding carboxylic acids is 1. The van der Waals surface area contributed by atoms with Gasteiger partial charge in [0.05, 0.1) is 6.61 Å². The second-order valence-electron chi connectivity index (χ2n) is 6.62. The van der Waals surface area contributed by atoms with E-state index in [4.69, 9.17) is 18.9 Å². The number of rotatable bonds is 3. The Hall–Kier alpha value is -1.27. The fourth-order valence-electron chi connectivity index (χ4n) is 3.48. The van der Waals surface area contributed by atoms with Crippen LogP contribution < -0.4 is 0 Å². The largest absolute Gasteiger partial charge is 0.367 e. The molecule has 0 amide bonds. The van der Waals surface area contributed by atoms with Crippen LogP contribution in [-0.2, 0) is 30.3 Å². The van der Waals surface area contributed by atoms with E-state index in [-0.39, 0.29) is 11.9 Å². The van der Waals surface area contributed by atoms with E-state index in [2.05, 4.69) is 0 Å². The first-order valence-electron chi connectivity index (χ1n) is 7.72. The minimum absolute atomic E-state index is 0.0879. The third kappa shape index (κ3) is 2.12. The zero-order valence-electron chi connectivity index (χ0n) is 12.8. The van der Waals surface area contributed by atoms with Gasteiger partial charge in [0.25, 0.3) is 0 Å². The Labute approximate surface area is 129 Å². The van der Waals surface area contributed by atoms with Gasteiger partial charge in [-0.25, -0.2) is 0 Å². The number of ether oxygens (including phenoxy) is 4. The lowest BCUT2D eigenvalue weighted by molar-refractivity contribution is -0.250. The van der Waals surface area contributed by atoms with Crippen LogP contribution in [0.3, 0.4) is 0 Å². The fraction of sp³-hybridized carbons (Fsp3) is 0.588. The highest BCUT2D eigenvalue weighted by atomic mass is 16.8. The van der Waals surface area contributed by atoms with Crippen molar-refractivity contribution in [1.82, 2.24) is 0 Å². The molecule has 0 N–H and O–H groups in total. The van der Waals surface area contributed by atoms with Gasteiger partial charge in [0.1, 0.15) is 12.2 Å². The highest BCUT2D eigenvalue weighted by Crippen LogP contribution is 2.50. The summed E-state index contributed by atoms with van der Waals surface area (Å²) in [6, 6.07) is 9.90. The predicted octanol–water partition coefficient (Wildman–Crippen LogP) is 2.18. The van der Waals surface area contributed by atoms with Crippen molar-refractivity contribution in [3.05, 3.63) is 35.9 Å². The molecule has 1 spiro atoms. The lowest BCUT2D eigenvalue weighted by atomic mass is 9.74. The number of carbonyl (C=O) groups is 1. The average Bonchev–Trinajstić information content (AvgIpc) is 2.95. The SMILES string of the molecule is CC1(C)OC2O[C@]3(CCC3=O)C(OCc3ccccc3)C2O1. The molecule has 1 aromatic carbocycles. The van der Waals surface area contributed by atoms with Crippen LogP contribution in [-0.4, -0.2) is 35.7 Å². The van der Waals surface area contributed by atoms with Crippen molar-refractivity contribution in [2.45, 2.75) is 63.2 Å². The summed E-state index contributed by atoms with van der Waals surface area (Å²) in [6.07, 6.45) is -0.0943. The van der Waals surface area contributed by atoms with E-state index in [0.717, 1.165) is 5.56 Å². The molecule has 1 saturated carbocycles. The molecule has 5 nitrogen and oxygen atoms in total. The molecule has 0 bridgehead atoms. The Morgan fingerprint density at radius 3 is 2.59 bits per heavy atom. The van der Waals surface area contributed by atoms with E-state index >= 15 is 0 Å². The van der Waals surface area contributed by atoms with E-state index in [1.807, 2.05) is 44.2 Å². The number of fused-ring (bicyclic) bond motifs is 1. The molecule has 3 aliphatic rings. The van der Waals surface area contributed by atoms with Gasteiger partial charge in [-0.3, -0.25) is 4.79 Å². The molecule has 118 valence electrons. The zero-order valence-corrected chi connectivity index (χ0v) is 12.8. The lowest BCUT2D eigenvalue weighted by Crippen LogP contribution is -2.58. The summed E-state index contributed by atoms with van der Waals surface area (Å²) in [7, 11) is 0. The Morgan fingerprint density at radius 2 is 1.95 bits per heavy atom. The van der Waals surface area contributed by atoms with Gasteiger partial charge in [0, 0.05) is 6.42 Å². The van der Waals surface area contributed by atoms with Crippen LogP contribution in [0.1, 0.15) is 32.3 Å². The van der Waals surface area contributed by atoms with E-state index in [0.29, 0.717) is 19.4 Å². The van der Waals surface area contributed by atoms with E-state index in [9.17, 15) is 4.79 Å². The highest BCUT2D eigenvalue weighted by molar-refractivity contribution is 5.94. The third-order valence-corrected chi connectivity index (χ3v) is 4.64. The molecule has 1 aromatic rings. The van der Waals surface area contributed by atoms with Crippen LogP contribution in [0.5, 0.6) is 0 Å². The summed E-state index contributed by atoms with van der Waals surface area (Å²) in [5, 5.41) is 0. The Morgan fingerprint density at radius 1 is 1.18 bits per heavy atom. The van der Waals surface area contributed by atoms with Gasteiger partial charge < -0.3 is 18.9 Å². The predicted molar refractivity (Wildman–Crippen MR) is 76.9 cm³/mol. The third-order valence-electron chi connectivity index (χ3n) is 4.64.